The first-order chi connectivity index (χ1) is 18.4. The van der Waals surface area contributed by atoms with Crippen LogP contribution in [0.1, 0.15) is 70.9 Å². The molecule has 1 N–H and O–H groups in total. The molecule has 38 heavy (non-hydrogen) atoms. The Bertz CT molecular complexity index is 1400. The fourth-order valence-electron chi connectivity index (χ4n) is 8.66. The largest absolute Gasteiger partial charge is 0.504 e. The van der Waals surface area contributed by atoms with Crippen molar-refractivity contribution in [2.24, 2.45) is 5.92 Å². The minimum absolute atomic E-state index is 0.0297. The number of carbonyl (C=O) groups excluding carboxylic acids is 3. The summed E-state index contributed by atoms with van der Waals surface area (Å²) in [5, 5.41) is 11.0. The van der Waals surface area contributed by atoms with Crippen molar-refractivity contribution < 1.29 is 29.0 Å². The van der Waals surface area contributed by atoms with Crippen LogP contribution < -0.4 is 4.74 Å². The molecule has 2 aromatic rings. The Morgan fingerprint density at radius 3 is 2.50 bits per heavy atom. The predicted molar refractivity (Wildman–Crippen MR) is 135 cm³/mol. The Morgan fingerprint density at radius 1 is 1.08 bits per heavy atom. The number of hydrogen-bond donors (Lipinski definition) is 1. The summed E-state index contributed by atoms with van der Waals surface area (Å²) in [5.41, 5.74) is 1.20. The number of fused-ring (bicyclic) bond motifs is 1. The number of amides is 2. The topological polar surface area (TPSA) is 96.4 Å². The minimum atomic E-state index is -0.863. The predicted octanol–water partition coefficient (Wildman–Crippen LogP) is 3.19. The van der Waals surface area contributed by atoms with Gasteiger partial charge in [0.05, 0.1) is 28.6 Å². The van der Waals surface area contributed by atoms with Gasteiger partial charge in [0.1, 0.15) is 11.7 Å². The fourth-order valence-corrected chi connectivity index (χ4v) is 8.66. The second-order valence-corrected chi connectivity index (χ2v) is 12.0. The molecule has 3 aliphatic carbocycles. The van der Waals surface area contributed by atoms with Gasteiger partial charge >= 0.3 is 5.97 Å². The Morgan fingerprint density at radius 2 is 1.82 bits per heavy atom. The van der Waals surface area contributed by atoms with Crippen molar-refractivity contribution in [1.82, 2.24) is 9.80 Å². The van der Waals surface area contributed by atoms with Gasteiger partial charge in [-0.2, -0.15) is 0 Å². The van der Waals surface area contributed by atoms with E-state index in [1.54, 1.807) is 30.3 Å². The summed E-state index contributed by atoms with van der Waals surface area (Å²) in [5.74, 6) is 0.188. The zero-order chi connectivity index (χ0) is 26.0. The molecule has 3 fully saturated rings. The van der Waals surface area contributed by atoms with Crippen molar-refractivity contribution in [1.29, 1.82) is 0 Å². The lowest BCUT2D eigenvalue weighted by Crippen LogP contribution is -2.79. The second kappa shape index (κ2) is 7.38. The molecule has 8 nitrogen and oxygen atoms in total. The van der Waals surface area contributed by atoms with Crippen LogP contribution >= 0.6 is 0 Å². The summed E-state index contributed by atoms with van der Waals surface area (Å²) < 4.78 is 13.1. The molecule has 2 aromatic carbocycles. The summed E-state index contributed by atoms with van der Waals surface area (Å²) in [7, 11) is 0. The maximum Gasteiger partial charge on any atom is 0.303 e. The fraction of sp³-hybridized carbons (Fsp3) is 0.500. The molecule has 0 unspecified atom stereocenters. The summed E-state index contributed by atoms with van der Waals surface area (Å²) >= 11 is 0. The first-order valence-corrected chi connectivity index (χ1v) is 13.8. The van der Waals surface area contributed by atoms with Crippen LogP contribution in [0.5, 0.6) is 11.5 Å². The summed E-state index contributed by atoms with van der Waals surface area (Å²) in [6.07, 6.45) is 4.20. The molecule has 0 radical (unpaired) electrons. The molecular formula is C30H30N2O6. The molecule has 6 aliphatic rings. The summed E-state index contributed by atoms with van der Waals surface area (Å²) in [4.78, 5) is 43.9. The van der Waals surface area contributed by atoms with Crippen molar-refractivity contribution in [3.63, 3.8) is 0 Å². The number of likely N-dealkylation sites (tertiary alicyclic amines) is 1. The Balaban J connectivity index is 1.31. The van der Waals surface area contributed by atoms with Gasteiger partial charge in [-0.05, 0) is 74.8 Å². The molecule has 1 saturated heterocycles. The highest BCUT2D eigenvalue weighted by atomic mass is 16.6. The van der Waals surface area contributed by atoms with Gasteiger partial charge in [-0.15, -0.1) is 0 Å². The van der Waals surface area contributed by atoms with Crippen LogP contribution in [0, 0.1) is 5.92 Å². The first-order valence-electron chi connectivity index (χ1n) is 13.8. The van der Waals surface area contributed by atoms with Gasteiger partial charge in [0.25, 0.3) is 11.8 Å². The molecular weight excluding hydrogens is 484 g/mol. The number of aromatic hydroxyl groups is 1. The van der Waals surface area contributed by atoms with Gasteiger partial charge in [0, 0.05) is 19.0 Å². The molecule has 1 spiro atoms. The molecule has 3 heterocycles. The zero-order valence-electron chi connectivity index (χ0n) is 21.3. The lowest BCUT2D eigenvalue weighted by Gasteiger charge is -2.65. The van der Waals surface area contributed by atoms with E-state index in [9.17, 15) is 19.5 Å². The molecule has 2 saturated carbocycles. The average molecular weight is 515 g/mol. The van der Waals surface area contributed by atoms with Crippen molar-refractivity contribution in [2.45, 2.75) is 74.7 Å². The van der Waals surface area contributed by atoms with E-state index >= 15 is 0 Å². The van der Waals surface area contributed by atoms with E-state index in [1.165, 1.54) is 24.7 Å². The monoisotopic (exact) mass is 514 g/mol. The molecule has 0 aromatic heterocycles. The SMILES string of the molecule is CC(=O)O[C@@]12CC[C@@H](N3C(=O)c4ccccc4C3=O)[C@@H]3Oc4c(O)ccc5c4[C@@]31CCN(CC1CC1)[C@@H]2C5. The highest BCUT2D eigenvalue weighted by Crippen LogP contribution is 2.67. The quantitative estimate of drug-likeness (QED) is 0.495. The molecule has 8 heteroatoms. The van der Waals surface area contributed by atoms with E-state index in [2.05, 4.69) is 4.90 Å². The third-order valence-corrected chi connectivity index (χ3v) is 10.2. The highest BCUT2D eigenvalue weighted by Gasteiger charge is 2.76. The summed E-state index contributed by atoms with van der Waals surface area (Å²) in [6, 6.07) is 10.0. The number of piperidine rings is 1. The van der Waals surface area contributed by atoms with Crippen LogP contribution in [-0.4, -0.2) is 69.6 Å². The van der Waals surface area contributed by atoms with Crippen LogP contribution in [0.25, 0.3) is 0 Å². The molecule has 3 aliphatic heterocycles. The van der Waals surface area contributed by atoms with Crippen LogP contribution in [0.4, 0.5) is 0 Å². The van der Waals surface area contributed by atoms with Crippen LogP contribution in [0.2, 0.25) is 0 Å². The van der Waals surface area contributed by atoms with Crippen molar-refractivity contribution in [2.75, 3.05) is 13.1 Å². The zero-order valence-corrected chi connectivity index (χ0v) is 21.3. The van der Waals surface area contributed by atoms with Gasteiger partial charge in [0.15, 0.2) is 11.5 Å². The van der Waals surface area contributed by atoms with E-state index in [0.29, 0.717) is 48.5 Å². The second-order valence-electron chi connectivity index (χ2n) is 12.0. The van der Waals surface area contributed by atoms with E-state index in [-0.39, 0.29) is 29.6 Å². The number of hydrogen-bond acceptors (Lipinski definition) is 7. The van der Waals surface area contributed by atoms with E-state index in [4.69, 9.17) is 9.47 Å². The van der Waals surface area contributed by atoms with Gasteiger partial charge in [-0.1, -0.05) is 18.2 Å². The normalized spacial score (nSPS) is 34.6. The molecule has 196 valence electrons. The van der Waals surface area contributed by atoms with Crippen LogP contribution in [0.3, 0.4) is 0 Å². The van der Waals surface area contributed by atoms with E-state index < -0.39 is 23.2 Å². The van der Waals surface area contributed by atoms with E-state index in [0.717, 1.165) is 24.2 Å². The lowest BCUT2D eigenvalue weighted by atomic mass is 9.48. The first kappa shape index (κ1) is 22.6. The highest BCUT2D eigenvalue weighted by molar-refractivity contribution is 6.21. The molecule has 2 bridgehead atoms. The third-order valence-electron chi connectivity index (χ3n) is 10.2. The Labute approximate surface area is 220 Å². The van der Waals surface area contributed by atoms with Gasteiger partial charge in [0.2, 0.25) is 0 Å². The third kappa shape index (κ3) is 2.62. The molecule has 8 rings (SSSR count). The maximum atomic E-state index is 13.6. The molecule has 5 atom stereocenters. The van der Waals surface area contributed by atoms with Crippen molar-refractivity contribution >= 4 is 17.8 Å². The number of ether oxygens (including phenoxy) is 2. The van der Waals surface area contributed by atoms with Gasteiger partial charge in [-0.25, -0.2) is 0 Å². The number of phenols is 1. The Kier molecular flexibility index (Phi) is 4.38. The number of esters is 1. The number of imide groups is 1. The number of rotatable bonds is 4. The van der Waals surface area contributed by atoms with Crippen LogP contribution in [0.15, 0.2) is 36.4 Å². The van der Waals surface area contributed by atoms with E-state index in [1.807, 2.05) is 6.07 Å². The van der Waals surface area contributed by atoms with Gasteiger partial charge < -0.3 is 14.6 Å². The number of phenolic OH excluding ortho intramolecular Hbond substituents is 1. The minimum Gasteiger partial charge on any atom is -0.504 e. The van der Waals surface area contributed by atoms with Crippen molar-refractivity contribution in [3.05, 3.63) is 58.7 Å². The lowest BCUT2D eigenvalue weighted by molar-refractivity contribution is -0.221. The number of nitrogens with zero attached hydrogens (tertiary/aromatic N) is 2. The smallest absolute Gasteiger partial charge is 0.303 e. The standard InChI is InChI=1S/C30H30N2O6/c1-16(33)38-30-11-10-21(32-27(35)19-4-2-3-5-20(19)28(32)36)26-29(30)12-13-31(15-17-6-7-17)23(30)14-18-8-9-22(34)25(37-26)24(18)29/h2-5,8-9,17,21,23,26,34H,6-7,10-15H2,1H3/t21-,23-,26+,29+,30-/m1/s1. The molecule has 2 amide bonds. The Hall–Kier alpha value is -3.39. The summed E-state index contributed by atoms with van der Waals surface area (Å²) in [6.45, 7) is 3.26. The van der Waals surface area contributed by atoms with Gasteiger partial charge in [-0.3, -0.25) is 24.2 Å². The van der Waals surface area contributed by atoms with Crippen LogP contribution in [-0.2, 0) is 21.4 Å². The van der Waals surface area contributed by atoms with Crippen molar-refractivity contribution in [3.8, 4) is 11.5 Å². The average Bonchev–Trinajstić information content (AvgIpc) is 3.59. The number of benzene rings is 2. The number of carbonyl (C=O) groups is 3. The maximum absolute atomic E-state index is 13.6.